The number of hydrogen-bond donors (Lipinski definition) is 2. The number of nitrogens with two attached hydrogens (primary N) is 1. The lowest BCUT2D eigenvalue weighted by atomic mass is 10.1. The van der Waals surface area contributed by atoms with E-state index < -0.39 is 0 Å². The molecule has 1 saturated heterocycles. The molecule has 2 aromatic rings. The summed E-state index contributed by atoms with van der Waals surface area (Å²) in [6, 6.07) is 11.1. The summed E-state index contributed by atoms with van der Waals surface area (Å²) in [5.74, 6) is -0.631. The first-order valence-corrected chi connectivity index (χ1v) is 7.85. The van der Waals surface area contributed by atoms with Crippen molar-refractivity contribution < 1.29 is 9.18 Å². The second kappa shape index (κ2) is 6.69. The van der Waals surface area contributed by atoms with E-state index in [-0.39, 0.29) is 11.7 Å². The quantitative estimate of drug-likeness (QED) is 0.850. The van der Waals surface area contributed by atoms with Gasteiger partial charge in [-0.05, 0) is 61.7 Å². The Kier molecular flexibility index (Phi) is 4.46. The molecule has 0 aromatic heterocycles. The number of benzene rings is 2. The van der Waals surface area contributed by atoms with Gasteiger partial charge in [-0.2, -0.15) is 0 Å². The number of carbonyl (C=O) groups is 1. The number of amides is 1. The zero-order chi connectivity index (χ0) is 16.2. The van der Waals surface area contributed by atoms with Gasteiger partial charge in [0.05, 0.1) is 11.4 Å². The lowest BCUT2D eigenvalue weighted by molar-refractivity contribution is 0.102. The van der Waals surface area contributed by atoms with Crippen LogP contribution in [0.4, 0.5) is 21.5 Å². The molecule has 1 heterocycles. The SMILES string of the molecule is Nc1ccc(N2CCCCC2)c(NC(=O)c2ccc(F)cc2)c1. The summed E-state index contributed by atoms with van der Waals surface area (Å²) in [4.78, 5) is 14.6. The number of nitrogens with one attached hydrogen (secondary N) is 1. The smallest absolute Gasteiger partial charge is 0.255 e. The molecular weight excluding hydrogens is 293 g/mol. The number of halogens is 1. The van der Waals surface area contributed by atoms with Gasteiger partial charge in [0.25, 0.3) is 5.91 Å². The van der Waals surface area contributed by atoms with Crippen LogP contribution in [0.2, 0.25) is 0 Å². The molecule has 1 amide bonds. The van der Waals surface area contributed by atoms with E-state index in [2.05, 4.69) is 10.2 Å². The van der Waals surface area contributed by atoms with Gasteiger partial charge in [-0.1, -0.05) is 0 Å². The maximum Gasteiger partial charge on any atom is 0.255 e. The minimum Gasteiger partial charge on any atom is -0.399 e. The second-order valence-electron chi connectivity index (χ2n) is 5.79. The normalized spacial score (nSPS) is 14.6. The predicted molar refractivity (Wildman–Crippen MR) is 91.3 cm³/mol. The fourth-order valence-electron chi connectivity index (χ4n) is 2.86. The molecule has 0 bridgehead atoms. The van der Waals surface area contributed by atoms with Gasteiger partial charge >= 0.3 is 0 Å². The summed E-state index contributed by atoms with van der Waals surface area (Å²) in [6.07, 6.45) is 3.54. The predicted octanol–water partition coefficient (Wildman–Crippen LogP) is 3.65. The molecule has 0 saturated carbocycles. The van der Waals surface area contributed by atoms with Crippen molar-refractivity contribution >= 4 is 23.0 Å². The first-order valence-electron chi connectivity index (χ1n) is 7.85. The number of anilines is 3. The Balaban J connectivity index is 1.84. The summed E-state index contributed by atoms with van der Waals surface area (Å²) in [5, 5.41) is 2.90. The zero-order valence-corrected chi connectivity index (χ0v) is 12.9. The molecule has 1 aliphatic heterocycles. The van der Waals surface area contributed by atoms with Crippen molar-refractivity contribution in [3.63, 3.8) is 0 Å². The fourth-order valence-corrected chi connectivity index (χ4v) is 2.86. The van der Waals surface area contributed by atoms with Crippen LogP contribution in [0.5, 0.6) is 0 Å². The Hall–Kier alpha value is -2.56. The van der Waals surface area contributed by atoms with Crippen LogP contribution in [-0.2, 0) is 0 Å². The van der Waals surface area contributed by atoms with Gasteiger partial charge in [-0.3, -0.25) is 4.79 Å². The third-order valence-corrected chi connectivity index (χ3v) is 4.07. The van der Waals surface area contributed by atoms with E-state index in [1.165, 1.54) is 30.7 Å². The Labute approximate surface area is 135 Å². The van der Waals surface area contributed by atoms with Crippen LogP contribution in [0.15, 0.2) is 42.5 Å². The third kappa shape index (κ3) is 3.62. The Bertz CT molecular complexity index is 694. The van der Waals surface area contributed by atoms with E-state index in [1.807, 2.05) is 12.1 Å². The van der Waals surface area contributed by atoms with E-state index in [1.54, 1.807) is 6.07 Å². The van der Waals surface area contributed by atoms with E-state index >= 15 is 0 Å². The van der Waals surface area contributed by atoms with Crippen LogP contribution in [-0.4, -0.2) is 19.0 Å². The summed E-state index contributed by atoms with van der Waals surface area (Å²) in [5.41, 5.74) is 8.56. The van der Waals surface area contributed by atoms with Gasteiger partial charge in [0.1, 0.15) is 5.82 Å². The molecule has 2 aromatic carbocycles. The fraction of sp³-hybridized carbons (Fsp3) is 0.278. The Morgan fingerprint density at radius 1 is 1.04 bits per heavy atom. The number of rotatable bonds is 3. The topological polar surface area (TPSA) is 58.4 Å². The summed E-state index contributed by atoms with van der Waals surface area (Å²) < 4.78 is 13.0. The van der Waals surface area contributed by atoms with Crippen LogP contribution in [0.3, 0.4) is 0 Å². The minimum absolute atomic E-state index is 0.270. The van der Waals surface area contributed by atoms with E-state index in [0.29, 0.717) is 16.9 Å². The highest BCUT2D eigenvalue weighted by molar-refractivity contribution is 6.06. The molecule has 5 heteroatoms. The molecule has 1 fully saturated rings. The number of nitrogens with zero attached hydrogens (tertiary/aromatic N) is 1. The standard InChI is InChI=1S/C18H20FN3O/c19-14-6-4-13(5-7-14)18(23)21-16-12-15(20)8-9-17(16)22-10-2-1-3-11-22/h4-9,12H,1-3,10-11,20H2,(H,21,23). The Morgan fingerprint density at radius 2 is 1.74 bits per heavy atom. The van der Waals surface area contributed by atoms with Crippen molar-refractivity contribution in [1.82, 2.24) is 0 Å². The van der Waals surface area contributed by atoms with Crippen LogP contribution in [0, 0.1) is 5.82 Å². The van der Waals surface area contributed by atoms with E-state index in [9.17, 15) is 9.18 Å². The molecule has 0 radical (unpaired) electrons. The molecule has 23 heavy (non-hydrogen) atoms. The van der Waals surface area contributed by atoms with Crippen LogP contribution < -0.4 is 16.0 Å². The van der Waals surface area contributed by atoms with Crippen molar-refractivity contribution in [2.45, 2.75) is 19.3 Å². The molecule has 0 aliphatic carbocycles. The van der Waals surface area contributed by atoms with Crippen LogP contribution in [0.25, 0.3) is 0 Å². The third-order valence-electron chi connectivity index (χ3n) is 4.07. The summed E-state index contributed by atoms with van der Waals surface area (Å²) in [6.45, 7) is 1.95. The molecule has 0 atom stereocenters. The summed E-state index contributed by atoms with van der Waals surface area (Å²) in [7, 11) is 0. The van der Waals surface area contributed by atoms with Crippen molar-refractivity contribution in [2.24, 2.45) is 0 Å². The first kappa shape index (κ1) is 15.3. The lowest BCUT2D eigenvalue weighted by Gasteiger charge is -2.30. The number of piperidine rings is 1. The Morgan fingerprint density at radius 3 is 2.43 bits per heavy atom. The van der Waals surface area contributed by atoms with Gasteiger partial charge < -0.3 is 16.0 Å². The highest BCUT2D eigenvalue weighted by atomic mass is 19.1. The molecule has 120 valence electrons. The van der Waals surface area contributed by atoms with Gasteiger partial charge in [-0.15, -0.1) is 0 Å². The molecule has 3 rings (SSSR count). The summed E-state index contributed by atoms with van der Waals surface area (Å²) >= 11 is 0. The van der Waals surface area contributed by atoms with Crippen molar-refractivity contribution in [2.75, 3.05) is 29.0 Å². The molecule has 1 aliphatic rings. The molecule has 0 spiro atoms. The maximum absolute atomic E-state index is 13.0. The van der Waals surface area contributed by atoms with E-state index in [4.69, 9.17) is 5.73 Å². The van der Waals surface area contributed by atoms with Gasteiger partial charge in [0.15, 0.2) is 0 Å². The maximum atomic E-state index is 13.0. The number of hydrogen-bond acceptors (Lipinski definition) is 3. The van der Waals surface area contributed by atoms with Crippen molar-refractivity contribution in [1.29, 1.82) is 0 Å². The monoisotopic (exact) mass is 313 g/mol. The van der Waals surface area contributed by atoms with Crippen LogP contribution in [0.1, 0.15) is 29.6 Å². The first-order chi connectivity index (χ1) is 11.1. The van der Waals surface area contributed by atoms with Crippen molar-refractivity contribution in [3.05, 3.63) is 53.8 Å². The molecule has 3 N–H and O–H groups in total. The van der Waals surface area contributed by atoms with Gasteiger partial charge in [0, 0.05) is 24.3 Å². The zero-order valence-electron chi connectivity index (χ0n) is 12.9. The van der Waals surface area contributed by atoms with Crippen molar-refractivity contribution in [3.8, 4) is 0 Å². The van der Waals surface area contributed by atoms with Crippen LogP contribution >= 0.6 is 0 Å². The minimum atomic E-state index is -0.362. The van der Waals surface area contributed by atoms with E-state index in [0.717, 1.165) is 31.6 Å². The highest BCUT2D eigenvalue weighted by Crippen LogP contribution is 2.30. The average molecular weight is 313 g/mol. The van der Waals surface area contributed by atoms with Gasteiger partial charge in [0.2, 0.25) is 0 Å². The lowest BCUT2D eigenvalue weighted by Crippen LogP contribution is -2.30. The highest BCUT2D eigenvalue weighted by Gasteiger charge is 2.16. The molecular formula is C18H20FN3O. The van der Waals surface area contributed by atoms with Gasteiger partial charge in [-0.25, -0.2) is 4.39 Å². The molecule has 4 nitrogen and oxygen atoms in total. The molecule has 0 unspecified atom stereocenters. The second-order valence-corrected chi connectivity index (χ2v) is 5.79. The number of carbonyl (C=O) groups excluding carboxylic acids is 1. The largest absolute Gasteiger partial charge is 0.399 e. The number of nitrogen functional groups attached to an aromatic ring is 1. The average Bonchev–Trinajstić information content (AvgIpc) is 2.56.